The molecule has 0 bridgehead atoms. The molecule has 0 aliphatic carbocycles. The van der Waals surface area contributed by atoms with E-state index in [-0.39, 0.29) is 18.5 Å². The van der Waals surface area contributed by atoms with Crippen molar-refractivity contribution < 1.29 is 18.7 Å². The molecule has 0 aromatic heterocycles. The van der Waals surface area contributed by atoms with Crippen molar-refractivity contribution >= 4 is 5.91 Å². The van der Waals surface area contributed by atoms with Crippen molar-refractivity contribution in [2.24, 2.45) is 0 Å². The van der Waals surface area contributed by atoms with Gasteiger partial charge in [-0.05, 0) is 44.0 Å². The van der Waals surface area contributed by atoms with Crippen LogP contribution < -0.4 is 5.32 Å². The summed E-state index contributed by atoms with van der Waals surface area (Å²) in [6.45, 7) is 2.85. The largest absolute Gasteiger partial charge is 0.381 e. The summed E-state index contributed by atoms with van der Waals surface area (Å²) in [7, 11) is 0. The first-order valence-electron chi connectivity index (χ1n) is 5.25. The van der Waals surface area contributed by atoms with E-state index in [0.29, 0.717) is 0 Å². The highest BCUT2D eigenvalue weighted by atomic mass is 19.1. The second-order valence-corrected chi connectivity index (χ2v) is 4.30. The Labute approximate surface area is 98.5 Å². The van der Waals surface area contributed by atoms with E-state index in [2.05, 4.69) is 5.32 Å². The molecular formula is C12H15F2NO2. The van der Waals surface area contributed by atoms with Gasteiger partial charge in [-0.25, -0.2) is 8.78 Å². The molecule has 3 nitrogen and oxygen atoms in total. The molecule has 5 heteroatoms. The van der Waals surface area contributed by atoms with Gasteiger partial charge < -0.3 is 10.4 Å². The van der Waals surface area contributed by atoms with Crippen LogP contribution >= 0.6 is 0 Å². The van der Waals surface area contributed by atoms with Gasteiger partial charge in [-0.3, -0.25) is 4.79 Å². The summed E-state index contributed by atoms with van der Waals surface area (Å²) >= 11 is 0. The third-order valence-electron chi connectivity index (χ3n) is 2.24. The lowest BCUT2D eigenvalue weighted by molar-refractivity contribution is -0.136. The highest BCUT2D eigenvalue weighted by molar-refractivity contribution is 5.83. The molecule has 1 aromatic carbocycles. The summed E-state index contributed by atoms with van der Waals surface area (Å²) in [5.41, 5.74) is -1.28. The number of benzene rings is 1. The van der Waals surface area contributed by atoms with Gasteiger partial charge in [-0.15, -0.1) is 0 Å². The summed E-state index contributed by atoms with van der Waals surface area (Å²) < 4.78 is 26.0. The van der Waals surface area contributed by atoms with Crippen LogP contribution in [0.4, 0.5) is 8.78 Å². The van der Waals surface area contributed by atoms with Crippen LogP contribution in [0.2, 0.25) is 0 Å². The van der Waals surface area contributed by atoms with Crippen molar-refractivity contribution in [2.45, 2.75) is 25.9 Å². The Morgan fingerprint density at radius 1 is 1.41 bits per heavy atom. The summed E-state index contributed by atoms with van der Waals surface area (Å²) in [5.74, 6) is -1.58. The smallest absolute Gasteiger partial charge is 0.251 e. The van der Waals surface area contributed by atoms with Crippen LogP contribution in [0.3, 0.4) is 0 Å². The SMILES string of the molecule is CC(C)(O)C(=O)NCCc1cc(F)ccc1F. The third-order valence-corrected chi connectivity index (χ3v) is 2.24. The summed E-state index contributed by atoms with van der Waals surface area (Å²) in [6, 6.07) is 3.17. The average Bonchev–Trinajstić information content (AvgIpc) is 2.21. The second-order valence-electron chi connectivity index (χ2n) is 4.30. The van der Waals surface area contributed by atoms with Crippen LogP contribution in [0.25, 0.3) is 0 Å². The highest BCUT2D eigenvalue weighted by Crippen LogP contribution is 2.10. The lowest BCUT2D eigenvalue weighted by Gasteiger charge is -2.16. The minimum absolute atomic E-state index is 0.142. The fourth-order valence-corrected chi connectivity index (χ4v) is 1.26. The van der Waals surface area contributed by atoms with Gasteiger partial charge in [0.1, 0.15) is 17.2 Å². The maximum Gasteiger partial charge on any atom is 0.251 e. The zero-order valence-corrected chi connectivity index (χ0v) is 9.76. The Hall–Kier alpha value is -1.49. The Balaban J connectivity index is 2.52. The molecule has 0 saturated heterocycles. The molecule has 0 aliphatic rings. The maximum absolute atomic E-state index is 13.2. The summed E-state index contributed by atoms with van der Waals surface area (Å²) in [6.07, 6.45) is 0.172. The normalized spacial score (nSPS) is 11.4. The van der Waals surface area contributed by atoms with Crippen molar-refractivity contribution in [3.63, 3.8) is 0 Å². The average molecular weight is 243 g/mol. The number of aliphatic hydroxyl groups is 1. The number of hydrogen-bond acceptors (Lipinski definition) is 2. The molecule has 1 aromatic rings. The fourth-order valence-electron chi connectivity index (χ4n) is 1.26. The highest BCUT2D eigenvalue weighted by Gasteiger charge is 2.22. The van der Waals surface area contributed by atoms with E-state index in [1.807, 2.05) is 0 Å². The number of hydrogen-bond donors (Lipinski definition) is 2. The number of nitrogens with one attached hydrogen (secondary N) is 1. The Morgan fingerprint density at radius 3 is 2.65 bits per heavy atom. The Kier molecular flexibility index (Phi) is 4.17. The van der Waals surface area contributed by atoms with Crippen molar-refractivity contribution in [3.8, 4) is 0 Å². The van der Waals surface area contributed by atoms with E-state index < -0.39 is 23.1 Å². The molecule has 0 heterocycles. The molecule has 17 heavy (non-hydrogen) atoms. The first kappa shape index (κ1) is 13.6. The monoisotopic (exact) mass is 243 g/mol. The molecule has 0 spiro atoms. The van der Waals surface area contributed by atoms with Gasteiger partial charge in [-0.1, -0.05) is 0 Å². The van der Waals surface area contributed by atoms with E-state index in [1.165, 1.54) is 13.8 Å². The Morgan fingerprint density at radius 2 is 2.06 bits per heavy atom. The number of amides is 1. The van der Waals surface area contributed by atoms with Crippen LogP contribution in [0.15, 0.2) is 18.2 Å². The molecule has 0 atom stereocenters. The van der Waals surface area contributed by atoms with Crippen LogP contribution in [-0.2, 0) is 11.2 Å². The number of rotatable bonds is 4. The van der Waals surface area contributed by atoms with Crippen LogP contribution in [0.1, 0.15) is 19.4 Å². The topological polar surface area (TPSA) is 49.3 Å². The standard InChI is InChI=1S/C12H15F2NO2/c1-12(2,17)11(16)15-6-5-8-7-9(13)3-4-10(8)14/h3-4,7,17H,5-6H2,1-2H3,(H,15,16). The molecule has 0 radical (unpaired) electrons. The predicted molar refractivity (Wildman–Crippen MR) is 59.4 cm³/mol. The van der Waals surface area contributed by atoms with Gasteiger partial charge >= 0.3 is 0 Å². The van der Waals surface area contributed by atoms with Gasteiger partial charge in [0, 0.05) is 6.54 Å². The lowest BCUT2D eigenvalue weighted by Crippen LogP contribution is -2.42. The fraction of sp³-hybridized carbons (Fsp3) is 0.417. The first-order chi connectivity index (χ1) is 7.80. The third kappa shape index (κ3) is 4.11. The molecule has 1 rings (SSSR count). The van der Waals surface area contributed by atoms with Crippen LogP contribution in [0.5, 0.6) is 0 Å². The zero-order chi connectivity index (χ0) is 13.1. The number of carbonyl (C=O) groups is 1. The Bertz CT molecular complexity index is 413. The van der Waals surface area contributed by atoms with Crippen molar-refractivity contribution in [2.75, 3.05) is 6.54 Å². The van der Waals surface area contributed by atoms with Crippen LogP contribution in [-0.4, -0.2) is 23.2 Å². The van der Waals surface area contributed by atoms with E-state index in [9.17, 15) is 18.7 Å². The second kappa shape index (κ2) is 5.23. The van der Waals surface area contributed by atoms with Crippen molar-refractivity contribution in [1.82, 2.24) is 5.32 Å². The molecule has 0 unspecified atom stereocenters. The predicted octanol–water partition coefficient (Wildman–Crippen LogP) is 1.39. The number of carbonyl (C=O) groups excluding carboxylic acids is 1. The van der Waals surface area contributed by atoms with Gasteiger partial charge in [-0.2, -0.15) is 0 Å². The van der Waals surface area contributed by atoms with Crippen LogP contribution in [0, 0.1) is 11.6 Å². The maximum atomic E-state index is 13.2. The van der Waals surface area contributed by atoms with Gasteiger partial charge in [0.05, 0.1) is 0 Å². The van der Waals surface area contributed by atoms with E-state index in [0.717, 1.165) is 18.2 Å². The van der Waals surface area contributed by atoms with Gasteiger partial charge in [0.25, 0.3) is 5.91 Å². The molecule has 0 fully saturated rings. The lowest BCUT2D eigenvalue weighted by atomic mass is 10.1. The van der Waals surface area contributed by atoms with Gasteiger partial charge in [0.15, 0.2) is 0 Å². The molecular weight excluding hydrogens is 228 g/mol. The van der Waals surface area contributed by atoms with Crippen molar-refractivity contribution in [1.29, 1.82) is 0 Å². The molecule has 0 saturated carbocycles. The molecule has 2 N–H and O–H groups in total. The number of halogens is 2. The summed E-state index contributed by atoms with van der Waals surface area (Å²) in [5, 5.41) is 11.8. The van der Waals surface area contributed by atoms with E-state index >= 15 is 0 Å². The minimum Gasteiger partial charge on any atom is -0.381 e. The molecule has 1 amide bonds. The minimum atomic E-state index is -1.47. The van der Waals surface area contributed by atoms with E-state index in [1.54, 1.807) is 0 Å². The molecule has 94 valence electrons. The zero-order valence-electron chi connectivity index (χ0n) is 9.76. The van der Waals surface area contributed by atoms with Crippen molar-refractivity contribution in [3.05, 3.63) is 35.4 Å². The van der Waals surface area contributed by atoms with E-state index in [4.69, 9.17) is 0 Å². The van der Waals surface area contributed by atoms with Gasteiger partial charge in [0.2, 0.25) is 0 Å². The molecule has 0 aliphatic heterocycles. The quantitative estimate of drug-likeness (QED) is 0.839. The summed E-state index contributed by atoms with van der Waals surface area (Å²) in [4.78, 5) is 11.3. The first-order valence-corrected chi connectivity index (χ1v) is 5.25.